The van der Waals surface area contributed by atoms with Gasteiger partial charge in [-0.25, -0.2) is 0 Å². The van der Waals surface area contributed by atoms with Crippen molar-refractivity contribution < 1.29 is 37.7 Å². The van der Waals surface area contributed by atoms with Gasteiger partial charge in [-0.2, -0.15) is 0 Å². The zero-order valence-electron chi connectivity index (χ0n) is 20.6. The number of aryl methyl sites for hydroxylation is 1. The van der Waals surface area contributed by atoms with Crippen LogP contribution in [0.1, 0.15) is 48.7 Å². The van der Waals surface area contributed by atoms with Crippen LogP contribution in [0.3, 0.4) is 0 Å². The summed E-state index contributed by atoms with van der Waals surface area (Å²) in [5.41, 5.74) is -0.760. The number of Topliss-reactive ketones (excluding diaryl/α,β-unsaturated/α-hetero) is 1. The van der Waals surface area contributed by atoms with Crippen LogP contribution in [0.15, 0.2) is 34.5 Å². The molecule has 8 nitrogen and oxygen atoms in total. The third kappa shape index (κ3) is 4.21. The highest BCUT2D eigenvalue weighted by Crippen LogP contribution is 2.54. The fourth-order valence-corrected chi connectivity index (χ4v) is 5.34. The fraction of sp³-hybridized carbons (Fsp3) is 0.481. The summed E-state index contributed by atoms with van der Waals surface area (Å²) in [6.07, 6.45) is 4.16. The van der Waals surface area contributed by atoms with Gasteiger partial charge in [0, 0.05) is 30.6 Å². The van der Waals surface area contributed by atoms with Crippen molar-refractivity contribution in [3.8, 4) is 22.8 Å². The molecule has 0 amide bonds. The lowest BCUT2D eigenvalue weighted by molar-refractivity contribution is -0.165. The molecule has 192 valence electrons. The number of benzene rings is 1. The first kappa shape index (κ1) is 24.9. The zero-order chi connectivity index (χ0) is 25.4. The summed E-state index contributed by atoms with van der Waals surface area (Å²) < 4.78 is 35.1. The summed E-state index contributed by atoms with van der Waals surface area (Å²) >= 11 is 6.81. The number of hydrogen-bond donors (Lipinski definition) is 0. The number of rotatable bonds is 7. The van der Waals surface area contributed by atoms with Crippen molar-refractivity contribution in [3.63, 3.8) is 0 Å². The van der Waals surface area contributed by atoms with Crippen molar-refractivity contribution in [2.75, 3.05) is 26.9 Å². The third-order valence-corrected chi connectivity index (χ3v) is 7.26. The van der Waals surface area contributed by atoms with E-state index in [1.807, 2.05) is 13.0 Å². The Hall–Kier alpha value is -2.81. The number of halogens is 1. The summed E-state index contributed by atoms with van der Waals surface area (Å²) in [7, 11) is 1.42. The number of hydrogen-bond acceptors (Lipinski definition) is 8. The summed E-state index contributed by atoms with van der Waals surface area (Å²) in [5, 5.41) is 0.225. The molecule has 1 unspecified atom stereocenters. The van der Waals surface area contributed by atoms with E-state index in [1.165, 1.54) is 13.2 Å². The second-order valence-electron chi connectivity index (χ2n) is 9.32. The van der Waals surface area contributed by atoms with E-state index in [0.29, 0.717) is 29.4 Å². The van der Waals surface area contributed by atoms with E-state index in [9.17, 15) is 9.59 Å². The van der Waals surface area contributed by atoms with Gasteiger partial charge in [0.15, 0.2) is 23.6 Å². The van der Waals surface area contributed by atoms with Gasteiger partial charge in [-0.1, -0.05) is 18.5 Å². The lowest BCUT2D eigenvalue weighted by Crippen LogP contribution is -2.51. The Morgan fingerprint density at radius 1 is 1.19 bits per heavy atom. The van der Waals surface area contributed by atoms with E-state index in [-0.39, 0.29) is 59.6 Å². The molecule has 0 bridgehead atoms. The minimum Gasteiger partial charge on any atom is -0.496 e. The predicted molar refractivity (Wildman–Crippen MR) is 130 cm³/mol. The third-order valence-electron chi connectivity index (χ3n) is 6.88. The van der Waals surface area contributed by atoms with Gasteiger partial charge in [0.1, 0.15) is 29.4 Å². The minimum atomic E-state index is -1.50. The normalized spacial score (nSPS) is 25.5. The zero-order valence-corrected chi connectivity index (χ0v) is 21.3. The SMILES string of the molecule is COC1=CC(=O)C[C@@H](C)[C@]12Oc1c(Cl)c(-c3ccc(C)o3)cc(OCCOC3CCCCO3)c1C2=O. The van der Waals surface area contributed by atoms with Crippen molar-refractivity contribution in [2.24, 2.45) is 5.92 Å². The van der Waals surface area contributed by atoms with Crippen molar-refractivity contribution >= 4 is 23.2 Å². The summed E-state index contributed by atoms with van der Waals surface area (Å²) in [6, 6.07) is 5.31. The molecule has 0 radical (unpaired) electrons. The monoisotopic (exact) mass is 516 g/mol. The number of furan rings is 1. The number of methoxy groups -OCH3 is 1. The molecular weight excluding hydrogens is 488 g/mol. The highest BCUT2D eigenvalue weighted by molar-refractivity contribution is 6.36. The van der Waals surface area contributed by atoms with Crippen molar-refractivity contribution in [2.45, 2.75) is 51.4 Å². The fourth-order valence-electron chi connectivity index (χ4n) is 5.06. The quantitative estimate of drug-likeness (QED) is 0.459. The molecule has 5 rings (SSSR count). The molecule has 0 saturated carbocycles. The Kier molecular flexibility index (Phi) is 6.85. The average molecular weight is 517 g/mol. The van der Waals surface area contributed by atoms with Crippen LogP contribution in [0.4, 0.5) is 0 Å². The molecule has 3 aliphatic rings. The number of carbonyl (C=O) groups excluding carboxylic acids is 2. The van der Waals surface area contributed by atoms with Crippen molar-refractivity contribution in [1.29, 1.82) is 0 Å². The lowest BCUT2D eigenvalue weighted by atomic mass is 9.75. The molecule has 2 aromatic rings. The number of fused-ring (bicyclic) bond motifs is 1. The van der Waals surface area contributed by atoms with Crippen LogP contribution in [-0.2, 0) is 19.0 Å². The Morgan fingerprint density at radius 3 is 2.72 bits per heavy atom. The van der Waals surface area contributed by atoms with Gasteiger partial charge in [-0.05, 0) is 44.4 Å². The second-order valence-corrected chi connectivity index (χ2v) is 9.70. The number of ether oxygens (including phenoxy) is 5. The van der Waals surface area contributed by atoms with Crippen molar-refractivity contribution in [3.05, 3.63) is 46.4 Å². The Balaban J connectivity index is 1.51. The van der Waals surface area contributed by atoms with Crippen LogP contribution in [0.25, 0.3) is 11.3 Å². The van der Waals surface area contributed by atoms with Crippen LogP contribution >= 0.6 is 11.6 Å². The van der Waals surface area contributed by atoms with Gasteiger partial charge in [0.25, 0.3) is 0 Å². The summed E-state index contributed by atoms with van der Waals surface area (Å²) in [4.78, 5) is 26.2. The molecule has 0 N–H and O–H groups in total. The molecular formula is C27H29ClO8. The molecule has 1 fully saturated rings. The first-order valence-electron chi connectivity index (χ1n) is 12.2. The first-order valence-corrected chi connectivity index (χ1v) is 12.5. The maximum Gasteiger partial charge on any atom is 0.231 e. The highest BCUT2D eigenvalue weighted by atomic mass is 35.5. The van der Waals surface area contributed by atoms with Crippen LogP contribution < -0.4 is 9.47 Å². The minimum absolute atomic E-state index is 0.131. The standard InChI is InChI=1S/C27H29ClO8/c1-15-12-17(29)13-21(31-3)27(15)26(30)23-20(32-10-11-34-22-6-4-5-9-33-22)14-18(24(28)25(23)36-27)19-8-7-16(2)35-19/h7-8,13-15,22H,4-6,9-12H2,1-3H3/t15-,22?,27+/m1/s1. The molecule has 2 aliphatic heterocycles. The summed E-state index contributed by atoms with van der Waals surface area (Å²) in [5.74, 6) is 0.898. The molecule has 1 spiro atoms. The molecule has 1 aliphatic carbocycles. The molecule has 3 atom stereocenters. The molecule has 1 aromatic carbocycles. The van der Waals surface area contributed by atoms with Crippen LogP contribution in [0.2, 0.25) is 5.02 Å². The molecule has 1 aromatic heterocycles. The second kappa shape index (κ2) is 9.92. The first-order chi connectivity index (χ1) is 17.3. The maximum absolute atomic E-state index is 14.0. The number of carbonyl (C=O) groups is 2. The predicted octanol–water partition coefficient (Wildman–Crippen LogP) is 5.28. The van der Waals surface area contributed by atoms with Gasteiger partial charge < -0.3 is 28.1 Å². The Bertz CT molecular complexity index is 1210. The maximum atomic E-state index is 14.0. The number of ketones is 2. The van der Waals surface area contributed by atoms with E-state index in [1.54, 1.807) is 19.1 Å². The van der Waals surface area contributed by atoms with Gasteiger partial charge in [-0.3, -0.25) is 9.59 Å². The molecule has 1 saturated heterocycles. The topological polar surface area (TPSA) is 93.4 Å². The molecule has 36 heavy (non-hydrogen) atoms. The Labute approximate surface area is 214 Å². The largest absolute Gasteiger partial charge is 0.496 e. The van der Waals surface area contributed by atoms with E-state index < -0.39 is 11.5 Å². The van der Waals surface area contributed by atoms with Gasteiger partial charge in [-0.15, -0.1) is 0 Å². The van der Waals surface area contributed by atoms with Crippen LogP contribution in [0.5, 0.6) is 11.5 Å². The van der Waals surface area contributed by atoms with E-state index in [2.05, 4.69) is 0 Å². The molecule has 9 heteroatoms. The van der Waals surface area contributed by atoms with Crippen molar-refractivity contribution in [1.82, 2.24) is 0 Å². The van der Waals surface area contributed by atoms with Gasteiger partial charge >= 0.3 is 0 Å². The van der Waals surface area contributed by atoms with Crippen LogP contribution in [0, 0.1) is 12.8 Å². The number of allylic oxidation sites excluding steroid dienone is 1. The van der Waals surface area contributed by atoms with Gasteiger partial charge in [0.05, 0.1) is 18.7 Å². The van der Waals surface area contributed by atoms with E-state index >= 15 is 0 Å². The molecule has 3 heterocycles. The average Bonchev–Trinajstić information content (AvgIpc) is 3.43. The highest BCUT2D eigenvalue weighted by Gasteiger charge is 2.59. The van der Waals surface area contributed by atoms with Crippen LogP contribution in [-0.4, -0.2) is 50.4 Å². The van der Waals surface area contributed by atoms with Gasteiger partial charge in [0.2, 0.25) is 11.4 Å². The Morgan fingerprint density at radius 2 is 2.03 bits per heavy atom. The summed E-state index contributed by atoms with van der Waals surface area (Å²) in [6.45, 7) is 4.78. The lowest BCUT2D eigenvalue weighted by Gasteiger charge is -2.36. The van der Waals surface area contributed by atoms with E-state index in [0.717, 1.165) is 19.3 Å². The smallest absolute Gasteiger partial charge is 0.231 e. The van der Waals surface area contributed by atoms with E-state index in [4.69, 9.17) is 39.7 Å².